The van der Waals surface area contributed by atoms with Gasteiger partial charge in [-0.1, -0.05) is 6.92 Å². The first-order valence-corrected chi connectivity index (χ1v) is 7.49. The van der Waals surface area contributed by atoms with Gasteiger partial charge in [0.05, 0.1) is 0 Å². The molecule has 0 amide bonds. The van der Waals surface area contributed by atoms with Gasteiger partial charge in [0.25, 0.3) is 0 Å². The summed E-state index contributed by atoms with van der Waals surface area (Å²) >= 11 is 1.94. The zero-order valence-corrected chi connectivity index (χ0v) is 11.3. The second-order valence-corrected chi connectivity index (χ2v) is 5.87. The summed E-state index contributed by atoms with van der Waals surface area (Å²) < 4.78 is 0. The Labute approximate surface area is 99.0 Å². The maximum atomic E-state index is 6.23. The van der Waals surface area contributed by atoms with Crippen LogP contribution in [0.15, 0.2) is 0 Å². The van der Waals surface area contributed by atoms with E-state index in [0.29, 0.717) is 0 Å². The molecule has 0 saturated heterocycles. The van der Waals surface area contributed by atoms with Crippen LogP contribution in [0.25, 0.3) is 0 Å². The monoisotopic (exact) mass is 230 g/mol. The molecule has 0 bridgehead atoms. The molecule has 2 N–H and O–H groups in total. The third-order valence-corrected chi connectivity index (χ3v) is 4.48. The maximum Gasteiger partial charge on any atom is 0.0180 e. The summed E-state index contributed by atoms with van der Waals surface area (Å²) in [6, 6.07) is 0.726. The highest BCUT2D eigenvalue weighted by molar-refractivity contribution is 7.98. The third kappa shape index (κ3) is 3.97. The lowest BCUT2D eigenvalue weighted by atomic mass is 9.75. The van der Waals surface area contributed by atoms with Crippen LogP contribution in [-0.2, 0) is 0 Å². The number of thioether (sulfide) groups is 1. The van der Waals surface area contributed by atoms with E-state index in [-0.39, 0.29) is 5.54 Å². The van der Waals surface area contributed by atoms with E-state index in [4.69, 9.17) is 5.73 Å². The van der Waals surface area contributed by atoms with Gasteiger partial charge < -0.3 is 10.6 Å². The zero-order chi connectivity index (χ0) is 11.3. The van der Waals surface area contributed by atoms with E-state index < -0.39 is 0 Å². The first-order chi connectivity index (χ1) is 7.11. The van der Waals surface area contributed by atoms with Crippen molar-refractivity contribution in [1.29, 1.82) is 0 Å². The number of hydrogen-bond donors (Lipinski definition) is 1. The Morgan fingerprint density at radius 2 is 2.13 bits per heavy atom. The summed E-state index contributed by atoms with van der Waals surface area (Å²) in [4.78, 5) is 2.49. The van der Waals surface area contributed by atoms with Gasteiger partial charge in [-0.25, -0.2) is 0 Å². The molecule has 1 rings (SSSR count). The Hall–Kier alpha value is 0.270. The lowest BCUT2D eigenvalue weighted by molar-refractivity contribution is 0.175. The Morgan fingerprint density at radius 1 is 1.47 bits per heavy atom. The van der Waals surface area contributed by atoms with Crippen LogP contribution in [0.3, 0.4) is 0 Å². The van der Waals surface area contributed by atoms with Gasteiger partial charge in [-0.05, 0) is 52.0 Å². The fourth-order valence-electron chi connectivity index (χ4n) is 2.21. The van der Waals surface area contributed by atoms with Crippen molar-refractivity contribution in [3.05, 3.63) is 0 Å². The standard InChI is InChI=1S/C12H26N2S/c1-4-11(10-15-3)14(2)9-8-12(13)6-5-7-12/h11H,4-10,13H2,1-3H3. The predicted octanol–water partition coefficient (Wildman–Crippen LogP) is 2.33. The molecular weight excluding hydrogens is 204 g/mol. The Bertz CT molecular complexity index is 180. The van der Waals surface area contributed by atoms with Gasteiger partial charge in [0.2, 0.25) is 0 Å². The molecule has 1 fully saturated rings. The van der Waals surface area contributed by atoms with Crippen LogP contribution in [-0.4, -0.2) is 42.1 Å². The number of nitrogens with two attached hydrogens (primary N) is 1. The molecule has 1 atom stereocenters. The van der Waals surface area contributed by atoms with Gasteiger partial charge in [-0.2, -0.15) is 11.8 Å². The summed E-state index contributed by atoms with van der Waals surface area (Å²) in [5, 5.41) is 0. The van der Waals surface area contributed by atoms with E-state index in [9.17, 15) is 0 Å². The zero-order valence-electron chi connectivity index (χ0n) is 10.5. The minimum atomic E-state index is 0.186. The van der Waals surface area contributed by atoms with Crippen molar-refractivity contribution in [2.45, 2.75) is 50.6 Å². The SMILES string of the molecule is CCC(CSC)N(C)CCC1(N)CCC1. The number of hydrogen-bond acceptors (Lipinski definition) is 3. The van der Waals surface area contributed by atoms with Gasteiger partial charge in [-0.15, -0.1) is 0 Å². The molecule has 0 aromatic rings. The summed E-state index contributed by atoms with van der Waals surface area (Å²) in [6.07, 6.45) is 8.42. The molecule has 3 heteroatoms. The van der Waals surface area contributed by atoms with Gasteiger partial charge >= 0.3 is 0 Å². The minimum absolute atomic E-state index is 0.186. The van der Waals surface area contributed by atoms with E-state index in [1.165, 1.54) is 37.9 Å². The quantitative estimate of drug-likeness (QED) is 0.728. The van der Waals surface area contributed by atoms with Gasteiger partial charge in [0, 0.05) is 17.3 Å². The second kappa shape index (κ2) is 6.12. The van der Waals surface area contributed by atoms with E-state index in [1.54, 1.807) is 0 Å². The van der Waals surface area contributed by atoms with E-state index in [0.717, 1.165) is 12.6 Å². The van der Waals surface area contributed by atoms with Crippen LogP contribution in [0.2, 0.25) is 0 Å². The second-order valence-electron chi connectivity index (χ2n) is 4.96. The molecule has 2 nitrogen and oxygen atoms in total. The molecule has 1 aliphatic carbocycles. The molecular formula is C12H26N2S. The highest BCUT2D eigenvalue weighted by Crippen LogP contribution is 2.32. The normalized spacial score (nSPS) is 21.4. The van der Waals surface area contributed by atoms with Crippen molar-refractivity contribution in [1.82, 2.24) is 4.90 Å². The van der Waals surface area contributed by atoms with Crippen molar-refractivity contribution in [3.8, 4) is 0 Å². The van der Waals surface area contributed by atoms with Crippen LogP contribution < -0.4 is 5.73 Å². The average Bonchev–Trinajstić information content (AvgIpc) is 2.19. The molecule has 15 heavy (non-hydrogen) atoms. The average molecular weight is 230 g/mol. The van der Waals surface area contributed by atoms with E-state index in [2.05, 4.69) is 25.1 Å². The molecule has 0 heterocycles. The molecule has 0 radical (unpaired) electrons. The summed E-state index contributed by atoms with van der Waals surface area (Å²) in [5.74, 6) is 1.24. The summed E-state index contributed by atoms with van der Waals surface area (Å²) in [7, 11) is 2.24. The fourth-order valence-corrected chi connectivity index (χ4v) is 3.09. The number of nitrogens with zero attached hydrogens (tertiary/aromatic N) is 1. The Kier molecular flexibility index (Phi) is 5.44. The Morgan fingerprint density at radius 3 is 2.53 bits per heavy atom. The highest BCUT2D eigenvalue weighted by Gasteiger charge is 2.32. The van der Waals surface area contributed by atoms with Crippen molar-refractivity contribution >= 4 is 11.8 Å². The first kappa shape index (κ1) is 13.3. The van der Waals surface area contributed by atoms with Crippen molar-refractivity contribution < 1.29 is 0 Å². The number of rotatable bonds is 7. The van der Waals surface area contributed by atoms with Crippen LogP contribution >= 0.6 is 11.8 Å². The van der Waals surface area contributed by atoms with E-state index >= 15 is 0 Å². The van der Waals surface area contributed by atoms with Crippen LogP contribution in [0.1, 0.15) is 39.0 Å². The van der Waals surface area contributed by atoms with Crippen molar-refractivity contribution in [3.63, 3.8) is 0 Å². The fraction of sp³-hybridized carbons (Fsp3) is 1.00. The van der Waals surface area contributed by atoms with Crippen LogP contribution in [0.5, 0.6) is 0 Å². The lowest BCUT2D eigenvalue weighted by Crippen LogP contribution is -2.49. The van der Waals surface area contributed by atoms with Crippen LogP contribution in [0, 0.1) is 0 Å². The molecule has 0 aliphatic heterocycles. The summed E-state index contributed by atoms with van der Waals surface area (Å²) in [6.45, 7) is 3.44. The molecule has 0 spiro atoms. The van der Waals surface area contributed by atoms with E-state index in [1.807, 2.05) is 11.8 Å². The van der Waals surface area contributed by atoms with Gasteiger partial charge in [0.15, 0.2) is 0 Å². The molecule has 0 aromatic heterocycles. The van der Waals surface area contributed by atoms with Gasteiger partial charge in [-0.3, -0.25) is 0 Å². The van der Waals surface area contributed by atoms with Crippen molar-refractivity contribution in [2.24, 2.45) is 5.73 Å². The third-order valence-electron chi connectivity index (χ3n) is 3.77. The molecule has 0 aromatic carbocycles. The summed E-state index contributed by atoms with van der Waals surface area (Å²) in [5.41, 5.74) is 6.42. The minimum Gasteiger partial charge on any atom is -0.325 e. The topological polar surface area (TPSA) is 29.3 Å². The highest BCUT2D eigenvalue weighted by atomic mass is 32.2. The van der Waals surface area contributed by atoms with Gasteiger partial charge in [0.1, 0.15) is 0 Å². The molecule has 1 unspecified atom stereocenters. The smallest absolute Gasteiger partial charge is 0.0180 e. The maximum absolute atomic E-state index is 6.23. The first-order valence-electron chi connectivity index (χ1n) is 6.09. The Balaban J connectivity index is 2.23. The molecule has 90 valence electrons. The molecule has 1 aliphatic rings. The lowest BCUT2D eigenvalue weighted by Gasteiger charge is -2.40. The largest absolute Gasteiger partial charge is 0.325 e. The predicted molar refractivity (Wildman–Crippen MR) is 70.5 cm³/mol. The van der Waals surface area contributed by atoms with Crippen LogP contribution in [0.4, 0.5) is 0 Å². The van der Waals surface area contributed by atoms with Crippen molar-refractivity contribution in [2.75, 3.05) is 25.6 Å². The molecule has 1 saturated carbocycles.